The predicted octanol–water partition coefficient (Wildman–Crippen LogP) is 5.14. The van der Waals surface area contributed by atoms with Crippen LogP contribution in [0, 0.1) is 17.3 Å². The third-order valence-electron chi connectivity index (χ3n) is 6.27. The summed E-state index contributed by atoms with van der Waals surface area (Å²) in [5.41, 5.74) is 0.0353. The van der Waals surface area contributed by atoms with Crippen LogP contribution in [0.1, 0.15) is 60.8 Å². The number of hydrogen-bond donors (Lipinski definition) is 0. The van der Waals surface area contributed by atoms with Crippen molar-refractivity contribution in [3.63, 3.8) is 0 Å². The highest BCUT2D eigenvalue weighted by Gasteiger charge is 2.60. The Balaban J connectivity index is 2.51. The van der Waals surface area contributed by atoms with E-state index in [0.717, 1.165) is 6.42 Å². The lowest BCUT2D eigenvalue weighted by atomic mass is 10.00. The molecule has 0 amide bonds. The molecule has 1 rings (SSSR count). The van der Waals surface area contributed by atoms with Crippen molar-refractivity contribution >= 4 is 20.1 Å². The first-order valence-corrected chi connectivity index (χ1v) is 12.6. The molecule has 0 aromatic heterocycles. The molecular weight excluding hydrogens is 344 g/mol. The molecule has 3 atom stereocenters. The number of ketones is 1. The molecule has 0 N–H and O–H groups in total. The van der Waals surface area contributed by atoms with Gasteiger partial charge in [-0.25, -0.2) is 0 Å². The van der Waals surface area contributed by atoms with Gasteiger partial charge in [-0.3, -0.25) is 9.59 Å². The summed E-state index contributed by atoms with van der Waals surface area (Å²) in [7, 11) is -1.76. The van der Waals surface area contributed by atoms with Gasteiger partial charge in [-0.2, -0.15) is 0 Å². The van der Waals surface area contributed by atoms with E-state index < -0.39 is 8.32 Å². The molecule has 0 spiro atoms. The molecule has 1 aliphatic rings. The largest absolute Gasteiger partial charge is 0.462 e. The first kappa shape index (κ1) is 23.1. The van der Waals surface area contributed by atoms with Crippen molar-refractivity contribution in [2.45, 2.75) is 85.0 Å². The van der Waals surface area contributed by atoms with Gasteiger partial charge in [0, 0.05) is 32.3 Å². The van der Waals surface area contributed by atoms with Crippen molar-refractivity contribution in [2.24, 2.45) is 17.3 Å². The minimum absolute atomic E-state index is 0.0353. The van der Waals surface area contributed by atoms with Gasteiger partial charge in [0.25, 0.3) is 0 Å². The van der Waals surface area contributed by atoms with Crippen molar-refractivity contribution in [2.75, 3.05) is 6.61 Å². The van der Waals surface area contributed by atoms with Crippen molar-refractivity contribution < 1.29 is 18.8 Å². The number of rotatable bonds is 10. The van der Waals surface area contributed by atoms with E-state index in [4.69, 9.17) is 9.16 Å². The van der Waals surface area contributed by atoms with Gasteiger partial charge in [-0.1, -0.05) is 40.7 Å². The van der Waals surface area contributed by atoms with Crippen LogP contribution in [-0.4, -0.2) is 32.8 Å². The van der Waals surface area contributed by atoms with E-state index in [2.05, 4.69) is 54.3 Å². The summed E-state index contributed by atoms with van der Waals surface area (Å²) in [6, 6.07) is 0. The second-order valence-electron chi connectivity index (χ2n) is 9.71. The maximum Gasteiger partial charge on any atom is 0.302 e. The molecule has 26 heavy (non-hydrogen) atoms. The first-order valence-electron chi connectivity index (χ1n) is 9.69. The molecule has 4 nitrogen and oxygen atoms in total. The number of allylic oxidation sites excluding steroid dienone is 1. The number of esters is 1. The van der Waals surface area contributed by atoms with E-state index in [1.807, 2.05) is 6.08 Å². The Bertz CT molecular complexity index is 531. The third kappa shape index (κ3) is 5.78. The number of Topliss-reactive ketones (excluding diaryl/α,β-unsaturated/α-hetero) is 1. The summed E-state index contributed by atoms with van der Waals surface area (Å²) in [5.74, 6) is 0.285. The Labute approximate surface area is 160 Å². The van der Waals surface area contributed by atoms with E-state index in [9.17, 15) is 9.59 Å². The van der Waals surface area contributed by atoms with Gasteiger partial charge >= 0.3 is 5.97 Å². The normalized spacial score (nSPS) is 23.2. The SMILES string of the molecule is C=C[C@H]1[C@@H]([C@H](CC(=O)CCCO[Si](C)(C)C(C)(C)C)OC(C)=O)C1(C)C. The fourth-order valence-electron chi connectivity index (χ4n) is 3.47. The van der Waals surface area contributed by atoms with Gasteiger partial charge in [0.1, 0.15) is 11.9 Å². The standard InChI is InChI=1S/C21H38O4Si/c1-10-17-19(21(17,6)7)18(25-15(2)22)14-16(23)12-11-13-24-26(8,9)20(3,4)5/h10,17-19H,1,11-14H2,2-9H3/t17-,18-,19-/m0/s1. The maximum absolute atomic E-state index is 12.4. The highest BCUT2D eigenvalue weighted by molar-refractivity contribution is 6.74. The van der Waals surface area contributed by atoms with Crippen LogP contribution >= 0.6 is 0 Å². The summed E-state index contributed by atoms with van der Waals surface area (Å²) in [6.45, 7) is 21.2. The fourth-order valence-corrected chi connectivity index (χ4v) is 4.56. The van der Waals surface area contributed by atoms with Crippen LogP contribution in [0.2, 0.25) is 18.1 Å². The van der Waals surface area contributed by atoms with Crippen LogP contribution < -0.4 is 0 Å². The second-order valence-corrected chi connectivity index (χ2v) is 14.5. The number of carbonyl (C=O) groups excluding carboxylic acids is 2. The van der Waals surface area contributed by atoms with Crippen molar-refractivity contribution in [3.05, 3.63) is 12.7 Å². The van der Waals surface area contributed by atoms with Gasteiger partial charge in [-0.15, -0.1) is 6.58 Å². The lowest BCUT2D eigenvalue weighted by molar-refractivity contribution is -0.149. The molecule has 0 saturated heterocycles. The van der Waals surface area contributed by atoms with Gasteiger partial charge in [0.15, 0.2) is 8.32 Å². The molecule has 150 valence electrons. The van der Waals surface area contributed by atoms with Gasteiger partial charge in [0.2, 0.25) is 0 Å². The molecule has 1 aliphatic carbocycles. The highest BCUT2D eigenvalue weighted by atomic mass is 28.4. The van der Waals surface area contributed by atoms with Crippen LogP contribution in [0.3, 0.4) is 0 Å². The Morgan fingerprint density at radius 3 is 2.27 bits per heavy atom. The Kier molecular flexibility index (Phi) is 7.45. The summed E-state index contributed by atoms with van der Waals surface area (Å²) < 4.78 is 11.6. The zero-order valence-electron chi connectivity index (χ0n) is 18.0. The number of hydrogen-bond acceptors (Lipinski definition) is 4. The quantitative estimate of drug-likeness (QED) is 0.227. The van der Waals surface area contributed by atoms with Gasteiger partial charge in [-0.05, 0) is 35.9 Å². The number of ether oxygens (including phenoxy) is 1. The molecule has 0 aromatic rings. The Morgan fingerprint density at radius 1 is 1.27 bits per heavy atom. The van der Waals surface area contributed by atoms with Crippen LogP contribution in [0.4, 0.5) is 0 Å². The molecule has 0 radical (unpaired) electrons. The van der Waals surface area contributed by atoms with Crippen molar-refractivity contribution in [3.8, 4) is 0 Å². The molecule has 0 aliphatic heterocycles. The minimum Gasteiger partial charge on any atom is -0.462 e. The smallest absolute Gasteiger partial charge is 0.302 e. The predicted molar refractivity (Wildman–Crippen MR) is 109 cm³/mol. The molecule has 1 fully saturated rings. The summed E-state index contributed by atoms with van der Waals surface area (Å²) in [6.07, 6.45) is 3.05. The molecule has 1 saturated carbocycles. The summed E-state index contributed by atoms with van der Waals surface area (Å²) in [4.78, 5) is 23.9. The van der Waals surface area contributed by atoms with Crippen LogP contribution in [0.15, 0.2) is 12.7 Å². The van der Waals surface area contributed by atoms with Crippen LogP contribution in [0.25, 0.3) is 0 Å². The van der Waals surface area contributed by atoms with Crippen LogP contribution in [0.5, 0.6) is 0 Å². The highest BCUT2D eigenvalue weighted by Crippen LogP contribution is 2.61. The van der Waals surface area contributed by atoms with Crippen molar-refractivity contribution in [1.29, 1.82) is 0 Å². The third-order valence-corrected chi connectivity index (χ3v) is 10.8. The number of carbonyl (C=O) groups is 2. The van der Waals surface area contributed by atoms with E-state index >= 15 is 0 Å². The molecule has 0 heterocycles. The lowest BCUT2D eigenvalue weighted by Gasteiger charge is -2.36. The average molecular weight is 383 g/mol. The monoisotopic (exact) mass is 382 g/mol. The Morgan fingerprint density at radius 2 is 1.85 bits per heavy atom. The Hall–Kier alpha value is -0.943. The average Bonchev–Trinajstić information content (AvgIpc) is 3.02. The molecule has 0 unspecified atom stereocenters. The van der Waals surface area contributed by atoms with Crippen LogP contribution in [-0.2, 0) is 18.8 Å². The lowest BCUT2D eigenvalue weighted by Crippen LogP contribution is -2.41. The summed E-state index contributed by atoms with van der Waals surface area (Å²) in [5, 5.41) is 0.175. The van der Waals surface area contributed by atoms with E-state index in [-0.39, 0.29) is 40.6 Å². The zero-order chi connectivity index (χ0) is 20.3. The minimum atomic E-state index is -1.76. The fraction of sp³-hybridized carbons (Fsp3) is 0.810. The van der Waals surface area contributed by atoms with E-state index in [1.165, 1.54) is 6.92 Å². The molecule has 5 heteroatoms. The van der Waals surface area contributed by atoms with Gasteiger partial charge in [0.05, 0.1) is 0 Å². The summed E-state index contributed by atoms with van der Waals surface area (Å²) >= 11 is 0. The first-order chi connectivity index (χ1) is 11.7. The molecule has 0 aromatic carbocycles. The van der Waals surface area contributed by atoms with E-state index in [1.54, 1.807) is 0 Å². The molecule has 0 bridgehead atoms. The second kappa shape index (κ2) is 8.38. The topological polar surface area (TPSA) is 52.6 Å². The zero-order valence-corrected chi connectivity index (χ0v) is 19.0. The van der Waals surface area contributed by atoms with Crippen molar-refractivity contribution in [1.82, 2.24) is 0 Å². The van der Waals surface area contributed by atoms with Gasteiger partial charge < -0.3 is 9.16 Å². The van der Waals surface area contributed by atoms with E-state index in [0.29, 0.717) is 18.9 Å². The maximum atomic E-state index is 12.4. The molecular formula is C21H38O4Si.